The van der Waals surface area contributed by atoms with Gasteiger partial charge in [0.2, 0.25) is 0 Å². The molecule has 168 valence electrons. The summed E-state index contributed by atoms with van der Waals surface area (Å²) in [7, 11) is 1.73. The number of methoxy groups -OCH3 is 1. The van der Waals surface area contributed by atoms with E-state index in [1.165, 1.54) is 5.69 Å². The van der Waals surface area contributed by atoms with E-state index in [-0.39, 0.29) is 12.2 Å². The van der Waals surface area contributed by atoms with Crippen LogP contribution in [0.4, 0.5) is 5.69 Å². The number of para-hydroxylation sites is 1. The molecule has 2 aromatic heterocycles. The topological polar surface area (TPSA) is 47.5 Å². The van der Waals surface area contributed by atoms with Crippen molar-refractivity contribution in [2.45, 2.75) is 33.0 Å². The summed E-state index contributed by atoms with van der Waals surface area (Å²) < 4.78 is 11.8. The van der Waals surface area contributed by atoms with E-state index in [9.17, 15) is 0 Å². The van der Waals surface area contributed by atoms with Crippen molar-refractivity contribution < 1.29 is 9.47 Å². The molecular weight excluding hydrogens is 410 g/mol. The highest BCUT2D eigenvalue weighted by Gasteiger charge is 2.22. The maximum Gasteiger partial charge on any atom is 0.137 e. The maximum atomic E-state index is 5.92. The first kappa shape index (κ1) is 21.4. The van der Waals surface area contributed by atoms with Crippen LogP contribution in [0.2, 0.25) is 0 Å². The number of aryl methyl sites for hydroxylation is 1. The third-order valence-electron chi connectivity index (χ3n) is 6.24. The molecule has 5 rings (SSSR count). The monoisotopic (exact) mass is 439 g/mol. The summed E-state index contributed by atoms with van der Waals surface area (Å²) in [6, 6.07) is 19.0. The van der Waals surface area contributed by atoms with Gasteiger partial charge < -0.3 is 14.4 Å². The highest BCUT2D eigenvalue weighted by molar-refractivity contribution is 6.00. The minimum atomic E-state index is 0.233. The SMILES string of the molecule is COc1c(-c2ccc(N3CC(C)OC(C)C3)cc2)cnc2c(-c3ccc(C)nc3)cccc12. The molecule has 3 heterocycles. The van der Waals surface area contributed by atoms with Gasteiger partial charge in [-0.1, -0.05) is 30.3 Å². The summed E-state index contributed by atoms with van der Waals surface area (Å²) in [5.74, 6) is 0.836. The van der Waals surface area contributed by atoms with Crippen molar-refractivity contribution in [2.24, 2.45) is 0 Å². The summed E-state index contributed by atoms with van der Waals surface area (Å²) in [5.41, 5.74) is 7.29. The van der Waals surface area contributed by atoms with Crippen LogP contribution in [0.25, 0.3) is 33.2 Å². The maximum absolute atomic E-state index is 5.92. The number of hydrogen-bond acceptors (Lipinski definition) is 5. The van der Waals surface area contributed by atoms with Crippen LogP contribution in [-0.4, -0.2) is 42.4 Å². The zero-order chi connectivity index (χ0) is 22.9. The van der Waals surface area contributed by atoms with Crippen LogP contribution in [0.15, 0.2) is 67.0 Å². The molecule has 0 spiro atoms. The molecule has 1 saturated heterocycles. The largest absolute Gasteiger partial charge is 0.495 e. The summed E-state index contributed by atoms with van der Waals surface area (Å²) >= 11 is 0. The molecule has 1 aliphatic heterocycles. The average Bonchev–Trinajstić information content (AvgIpc) is 2.83. The number of aromatic nitrogens is 2. The lowest BCUT2D eigenvalue weighted by atomic mass is 9.99. The highest BCUT2D eigenvalue weighted by atomic mass is 16.5. The van der Waals surface area contributed by atoms with Crippen LogP contribution in [-0.2, 0) is 4.74 Å². The predicted molar refractivity (Wildman–Crippen MR) is 134 cm³/mol. The van der Waals surface area contributed by atoms with E-state index in [1.54, 1.807) is 7.11 Å². The van der Waals surface area contributed by atoms with Crippen molar-refractivity contribution in [2.75, 3.05) is 25.1 Å². The quantitative estimate of drug-likeness (QED) is 0.397. The molecule has 0 saturated carbocycles. The van der Waals surface area contributed by atoms with Crippen LogP contribution in [0.3, 0.4) is 0 Å². The normalized spacial score (nSPS) is 18.5. The number of nitrogens with zero attached hydrogens (tertiary/aromatic N) is 3. The van der Waals surface area contributed by atoms with Crippen LogP contribution >= 0.6 is 0 Å². The summed E-state index contributed by atoms with van der Waals surface area (Å²) in [6.07, 6.45) is 4.28. The van der Waals surface area contributed by atoms with E-state index in [4.69, 9.17) is 14.5 Å². The Morgan fingerprint density at radius 1 is 0.848 bits per heavy atom. The second-order valence-corrected chi connectivity index (χ2v) is 8.80. The molecule has 2 aromatic carbocycles. The summed E-state index contributed by atoms with van der Waals surface area (Å²) in [6.45, 7) is 8.06. The Hall–Kier alpha value is -3.44. The molecule has 5 heteroatoms. The average molecular weight is 440 g/mol. The van der Waals surface area contributed by atoms with Gasteiger partial charge in [0.1, 0.15) is 5.75 Å². The molecule has 0 amide bonds. The number of anilines is 1. The zero-order valence-corrected chi connectivity index (χ0v) is 19.6. The van der Waals surface area contributed by atoms with Crippen molar-refractivity contribution in [3.8, 4) is 28.0 Å². The van der Waals surface area contributed by atoms with Crippen LogP contribution in [0.1, 0.15) is 19.5 Å². The van der Waals surface area contributed by atoms with E-state index in [1.807, 2.05) is 25.4 Å². The van der Waals surface area contributed by atoms with Gasteiger partial charge in [-0.2, -0.15) is 0 Å². The first-order chi connectivity index (χ1) is 16.0. The number of morpholine rings is 1. The number of hydrogen-bond donors (Lipinski definition) is 0. The Morgan fingerprint density at radius 2 is 1.58 bits per heavy atom. The molecule has 0 N–H and O–H groups in total. The molecular formula is C28H29N3O2. The summed E-state index contributed by atoms with van der Waals surface area (Å²) in [5, 5.41) is 0.994. The molecule has 0 bridgehead atoms. The van der Waals surface area contributed by atoms with Crippen LogP contribution < -0.4 is 9.64 Å². The van der Waals surface area contributed by atoms with Crippen LogP contribution in [0, 0.1) is 6.92 Å². The smallest absolute Gasteiger partial charge is 0.137 e. The number of benzene rings is 2. The van der Waals surface area contributed by atoms with Crippen molar-refractivity contribution in [1.82, 2.24) is 9.97 Å². The third-order valence-corrected chi connectivity index (χ3v) is 6.24. The molecule has 1 aliphatic rings. The molecule has 2 unspecified atom stereocenters. The van der Waals surface area contributed by atoms with Gasteiger partial charge in [-0.3, -0.25) is 9.97 Å². The van der Waals surface area contributed by atoms with E-state index < -0.39 is 0 Å². The fraction of sp³-hybridized carbons (Fsp3) is 0.286. The number of fused-ring (bicyclic) bond motifs is 1. The van der Waals surface area contributed by atoms with Crippen molar-refractivity contribution in [1.29, 1.82) is 0 Å². The first-order valence-electron chi connectivity index (χ1n) is 11.4. The molecule has 4 aromatic rings. The van der Waals surface area contributed by atoms with Gasteiger partial charge in [-0.05, 0) is 50.6 Å². The van der Waals surface area contributed by atoms with Crippen molar-refractivity contribution >= 4 is 16.6 Å². The van der Waals surface area contributed by atoms with Gasteiger partial charge in [0.15, 0.2) is 0 Å². The Labute approximate surface area is 195 Å². The number of rotatable bonds is 4. The number of ether oxygens (including phenoxy) is 2. The predicted octanol–water partition coefficient (Wildman–Crippen LogP) is 5.89. The molecule has 1 fully saturated rings. The second kappa shape index (κ2) is 8.83. The lowest BCUT2D eigenvalue weighted by Gasteiger charge is -2.36. The van der Waals surface area contributed by atoms with E-state index >= 15 is 0 Å². The van der Waals surface area contributed by atoms with Gasteiger partial charge in [0.05, 0.1) is 24.8 Å². The molecule has 0 aliphatic carbocycles. The second-order valence-electron chi connectivity index (χ2n) is 8.80. The van der Waals surface area contributed by atoms with E-state index in [0.29, 0.717) is 0 Å². The zero-order valence-electron chi connectivity index (χ0n) is 19.6. The molecule has 2 atom stereocenters. The Kier molecular flexibility index (Phi) is 5.73. The number of pyridine rings is 2. The van der Waals surface area contributed by atoms with E-state index in [2.05, 4.69) is 72.3 Å². The fourth-order valence-electron chi connectivity index (χ4n) is 4.72. The lowest BCUT2D eigenvalue weighted by molar-refractivity contribution is -0.00521. The van der Waals surface area contributed by atoms with Gasteiger partial charge in [0.25, 0.3) is 0 Å². The van der Waals surface area contributed by atoms with E-state index in [0.717, 1.165) is 57.7 Å². The van der Waals surface area contributed by atoms with Gasteiger partial charge >= 0.3 is 0 Å². The van der Waals surface area contributed by atoms with Crippen LogP contribution in [0.5, 0.6) is 5.75 Å². The standard InChI is InChI=1S/C28H29N3O2/c1-18-8-9-22(14-29-18)24-6-5-7-25-27(24)30-15-26(28(25)32-4)21-10-12-23(13-11-21)31-16-19(2)33-20(3)17-31/h5-15,19-20H,16-17H2,1-4H3. The Bertz CT molecular complexity index is 1260. The molecule has 0 radical (unpaired) electrons. The minimum Gasteiger partial charge on any atom is -0.495 e. The fourth-order valence-corrected chi connectivity index (χ4v) is 4.72. The molecule has 33 heavy (non-hydrogen) atoms. The van der Waals surface area contributed by atoms with Crippen molar-refractivity contribution in [3.05, 3.63) is 72.7 Å². The molecule has 5 nitrogen and oxygen atoms in total. The van der Waals surface area contributed by atoms with Gasteiger partial charge in [-0.15, -0.1) is 0 Å². The highest BCUT2D eigenvalue weighted by Crippen LogP contribution is 2.39. The Morgan fingerprint density at radius 3 is 2.24 bits per heavy atom. The third kappa shape index (κ3) is 4.16. The lowest BCUT2D eigenvalue weighted by Crippen LogP contribution is -2.45. The van der Waals surface area contributed by atoms with Crippen molar-refractivity contribution in [3.63, 3.8) is 0 Å². The summed E-state index contributed by atoms with van der Waals surface area (Å²) in [4.78, 5) is 11.7. The first-order valence-corrected chi connectivity index (χ1v) is 11.4. The van der Waals surface area contributed by atoms with Gasteiger partial charge in [0, 0.05) is 58.9 Å². The Balaban J connectivity index is 1.53. The van der Waals surface area contributed by atoms with Gasteiger partial charge in [-0.25, -0.2) is 0 Å². The minimum absolute atomic E-state index is 0.233.